The number of carbonyl (C=O) groups is 1. The molecule has 0 saturated carbocycles. The lowest BCUT2D eigenvalue weighted by atomic mass is 10.0. The van der Waals surface area contributed by atoms with E-state index in [1.165, 1.54) is 24.5 Å². The molecule has 0 fully saturated rings. The van der Waals surface area contributed by atoms with Crippen molar-refractivity contribution >= 4 is 23.1 Å². The molecule has 2 heterocycles. The molecule has 2 aromatic carbocycles. The number of benzene rings is 2. The number of carbonyl (C=O) groups excluding carboxylic acids is 1. The molecule has 4 rings (SSSR count). The predicted molar refractivity (Wildman–Crippen MR) is 157 cm³/mol. The van der Waals surface area contributed by atoms with Gasteiger partial charge in [0.25, 0.3) is 5.91 Å². The number of imidazole rings is 1. The minimum absolute atomic E-state index is 0.00374. The number of hydrogen-bond donors (Lipinski definition) is 4. The zero-order valence-electron chi connectivity index (χ0n) is 23.3. The minimum atomic E-state index is -1.13. The van der Waals surface area contributed by atoms with Crippen LogP contribution in [0.3, 0.4) is 0 Å². The highest BCUT2D eigenvalue weighted by Gasteiger charge is 2.20. The molecule has 1 amide bonds. The first-order valence-electron chi connectivity index (χ1n) is 13.5. The summed E-state index contributed by atoms with van der Waals surface area (Å²) in [5, 5.41) is 6.10. The van der Waals surface area contributed by atoms with E-state index in [0.29, 0.717) is 67.5 Å². The van der Waals surface area contributed by atoms with E-state index in [0.717, 1.165) is 5.56 Å². The molecule has 0 aliphatic carbocycles. The number of nitrogens with two attached hydrogens (primary N) is 2. The molecule has 10 nitrogen and oxygen atoms in total. The first-order valence-corrected chi connectivity index (χ1v) is 13.5. The van der Waals surface area contributed by atoms with Gasteiger partial charge >= 0.3 is 0 Å². The van der Waals surface area contributed by atoms with E-state index in [-0.39, 0.29) is 30.4 Å². The van der Waals surface area contributed by atoms with Crippen LogP contribution in [-0.2, 0) is 11.2 Å². The summed E-state index contributed by atoms with van der Waals surface area (Å²) in [6.45, 7) is 3.80. The van der Waals surface area contributed by atoms with Crippen molar-refractivity contribution in [3.8, 4) is 28.8 Å². The number of halogens is 2. The molecular formula is C30H33F2N7O3. The van der Waals surface area contributed by atoms with Gasteiger partial charge in [0.05, 0.1) is 18.5 Å². The van der Waals surface area contributed by atoms with Gasteiger partial charge in [0.1, 0.15) is 13.2 Å². The van der Waals surface area contributed by atoms with Crippen LogP contribution in [0.4, 0.5) is 20.3 Å². The Balaban J connectivity index is 1.53. The van der Waals surface area contributed by atoms with E-state index in [4.69, 9.17) is 20.9 Å². The van der Waals surface area contributed by atoms with Crippen molar-refractivity contribution in [2.24, 2.45) is 11.5 Å². The highest BCUT2D eigenvalue weighted by atomic mass is 19.2. The molecule has 0 saturated heterocycles. The van der Waals surface area contributed by atoms with Crippen LogP contribution >= 0.6 is 0 Å². The Hall–Kier alpha value is -4.57. The fourth-order valence-electron chi connectivity index (χ4n) is 4.19. The third-order valence-electron chi connectivity index (χ3n) is 6.27. The van der Waals surface area contributed by atoms with Gasteiger partial charge in [-0.2, -0.15) is 4.39 Å². The van der Waals surface area contributed by atoms with Gasteiger partial charge in [0.2, 0.25) is 5.82 Å². The average molecular weight is 578 g/mol. The summed E-state index contributed by atoms with van der Waals surface area (Å²) in [6, 6.07) is 8.17. The fraction of sp³-hybridized carbons (Fsp3) is 0.300. The van der Waals surface area contributed by atoms with Crippen LogP contribution in [0.2, 0.25) is 0 Å². The smallest absolute Gasteiger partial charge is 0.251 e. The summed E-state index contributed by atoms with van der Waals surface area (Å²) in [4.78, 5) is 21.4. The Bertz CT molecular complexity index is 1600. The van der Waals surface area contributed by atoms with Crippen LogP contribution in [0.15, 0.2) is 48.9 Å². The number of aryl methyl sites for hydroxylation is 1. The maximum atomic E-state index is 15.2. The largest absolute Gasteiger partial charge is 0.478 e. The van der Waals surface area contributed by atoms with Gasteiger partial charge < -0.3 is 31.6 Å². The predicted octanol–water partition coefficient (Wildman–Crippen LogP) is 3.42. The Morgan fingerprint density at radius 3 is 2.69 bits per heavy atom. The molecule has 0 atom stereocenters. The number of ether oxygens (including phenoxy) is 2. The molecule has 0 radical (unpaired) electrons. The number of rotatable bonds is 13. The van der Waals surface area contributed by atoms with Crippen LogP contribution in [0, 0.1) is 23.5 Å². The quantitative estimate of drug-likeness (QED) is 0.140. The SMILES string of the molecule is CCc1cc(Nc2nccn3c(-c4ccc(OCC#CCOCCN)c(F)c4F)cnc23)ccc1C(=O)NCCCN. The second-order valence-corrected chi connectivity index (χ2v) is 9.08. The maximum absolute atomic E-state index is 15.2. The molecule has 0 bridgehead atoms. The number of anilines is 2. The van der Waals surface area contributed by atoms with Gasteiger partial charge in [0.15, 0.2) is 23.0 Å². The van der Waals surface area contributed by atoms with Crippen LogP contribution < -0.4 is 26.8 Å². The Labute approximate surface area is 242 Å². The van der Waals surface area contributed by atoms with Gasteiger partial charge in [-0.05, 0) is 55.3 Å². The van der Waals surface area contributed by atoms with Crippen molar-refractivity contribution in [3.05, 3.63) is 71.7 Å². The molecule has 0 unspecified atom stereocenters. The van der Waals surface area contributed by atoms with E-state index in [1.54, 1.807) is 22.7 Å². The molecule has 2 aromatic heterocycles. The lowest BCUT2D eigenvalue weighted by Gasteiger charge is -2.13. The van der Waals surface area contributed by atoms with Crippen LogP contribution in [0.1, 0.15) is 29.3 Å². The van der Waals surface area contributed by atoms with Gasteiger partial charge in [-0.3, -0.25) is 9.20 Å². The average Bonchev–Trinajstić information content (AvgIpc) is 3.43. The normalized spacial score (nSPS) is 10.8. The van der Waals surface area contributed by atoms with E-state index in [2.05, 4.69) is 32.4 Å². The van der Waals surface area contributed by atoms with E-state index in [1.807, 2.05) is 13.0 Å². The van der Waals surface area contributed by atoms with Gasteiger partial charge in [-0.15, -0.1) is 0 Å². The van der Waals surface area contributed by atoms with E-state index >= 15 is 4.39 Å². The maximum Gasteiger partial charge on any atom is 0.251 e. The van der Waals surface area contributed by atoms with Crippen LogP contribution in [-0.4, -0.2) is 59.7 Å². The summed E-state index contributed by atoms with van der Waals surface area (Å²) in [6.07, 6.45) is 5.92. The van der Waals surface area contributed by atoms with Gasteiger partial charge in [-0.25, -0.2) is 14.4 Å². The molecule has 0 spiro atoms. The van der Waals surface area contributed by atoms with E-state index < -0.39 is 11.6 Å². The van der Waals surface area contributed by atoms with Crippen LogP contribution in [0.25, 0.3) is 16.9 Å². The van der Waals surface area contributed by atoms with E-state index in [9.17, 15) is 9.18 Å². The molecule has 0 aliphatic heterocycles. The summed E-state index contributed by atoms with van der Waals surface area (Å²) in [5.74, 6) is 3.18. The highest BCUT2D eigenvalue weighted by Crippen LogP contribution is 2.32. The zero-order chi connectivity index (χ0) is 29.9. The van der Waals surface area contributed by atoms with Crippen LogP contribution in [0.5, 0.6) is 5.75 Å². The zero-order valence-corrected chi connectivity index (χ0v) is 23.3. The number of fused-ring (bicyclic) bond motifs is 1. The fourth-order valence-corrected chi connectivity index (χ4v) is 4.19. The highest BCUT2D eigenvalue weighted by molar-refractivity contribution is 5.96. The topological polar surface area (TPSA) is 142 Å². The third kappa shape index (κ3) is 7.19. The lowest BCUT2D eigenvalue weighted by molar-refractivity contribution is 0.0952. The van der Waals surface area contributed by atoms with Gasteiger partial charge in [-0.1, -0.05) is 18.8 Å². The molecule has 4 aromatic rings. The molecule has 6 N–H and O–H groups in total. The molecule has 0 aliphatic rings. The number of hydrogen-bond acceptors (Lipinski definition) is 8. The number of aromatic nitrogens is 3. The summed E-state index contributed by atoms with van der Waals surface area (Å²) in [5.41, 5.74) is 13.7. The third-order valence-corrected chi connectivity index (χ3v) is 6.27. The van der Waals surface area contributed by atoms with Gasteiger partial charge in [0, 0.05) is 42.3 Å². The molecule has 42 heavy (non-hydrogen) atoms. The molecule has 220 valence electrons. The first-order chi connectivity index (χ1) is 20.5. The summed E-state index contributed by atoms with van der Waals surface area (Å²) in [7, 11) is 0. The monoisotopic (exact) mass is 577 g/mol. The standard InChI is InChI=1S/C30H33F2N7O3/c1-2-20-18-21(6-7-22(20)30(40)36-12-5-10-33)38-28-29-37-19-24(39(29)14-13-35-28)23-8-9-25(27(32)26(23)31)42-16-4-3-15-41-17-11-34/h6-9,13-14,18-19H,2,5,10-12,15-17,33-34H2,1H3,(H,35,38)(H,36,40). The second kappa shape index (κ2) is 14.9. The Morgan fingerprint density at radius 1 is 1.07 bits per heavy atom. The Morgan fingerprint density at radius 2 is 1.90 bits per heavy atom. The van der Waals surface area contributed by atoms with Crippen molar-refractivity contribution < 1.29 is 23.0 Å². The number of amides is 1. The van der Waals surface area contributed by atoms with Crippen molar-refractivity contribution in [2.75, 3.05) is 44.8 Å². The lowest BCUT2D eigenvalue weighted by Crippen LogP contribution is -2.26. The van der Waals surface area contributed by atoms with Crippen molar-refractivity contribution in [1.82, 2.24) is 19.7 Å². The first kappa shape index (κ1) is 30.4. The van der Waals surface area contributed by atoms with Crippen molar-refractivity contribution in [1.29, 1.82) is 0 Å². The summed E-state index contributed by atoms with van der Waals surface area (Å²) >= 11 is 0. The molecule has 12 heteroatoms. The summed E-state index contributed by atoms with van der Waals surface area (Å²) < 4.78 is 42.1. The Kier molecular flexibility index (Phi) is 10.8. The van der Waals surface area contributed by atoms with Crippen molar-refractivity contribution in [3.63, 3.8) is 0 Å². The number of nitrogens with one attached hydrogen (secondary N) is 2. The second-order valence-electron chi connectivity index (χ2n) is 9.08. The minimum Gasteiger partial charge on any atom is -0.478 e. The molecular weight excluding hydrogens is 544 g/mol. The van der Waals surface area contributed by atoms with Crippen molar-refractivity contribution in [2.45, 2.75) is 19.8 Å². The number of nitrogens with zero attached hydrogens (tertiary/aromatic N) is 3.